The van der Waals surface area contributed by atoms with Crippen LogP contribution in [0.1, 0.15) is 57.8 Å². The average molecular weight is 540 g/mol. The molecule has 40 heavy (non-hydrogen) atoms. The summed E-state index contributed by atoms with van der Waals surface area (Å²) in [6.45, 7) is 3.68. The molecule has 0 spiro atoms. The molecule has 0 saturated carbocycles. The molecule has 0 bridgehead atoms. The zero-order valence-electron chi connectivity index (χ0n) is 22.0. The SMILES string of the molecule is Cc1cc(-c2cc3c(cc2Nc2cccc4c2C(=O)N([C@H]2CCC(=O)NC2=O)C4=O)N(C)C(=O)O[C@@H]3C)ccn1. The normalized spacial score (nSPS) is 20.2. The van der Waals surface area contributed by atoms with Gasteiger partial charge in [-0.05, 0) is 62.2 Å². The van der Waals surface area contributed by atoms with Gasteiger partial charge >= 0.3 is 6.09 Å². The number of pyridine rings is 1. The molecule has 3 aromatic rings. The van der Waals surface area contributed by atoms with Gasteiger partial charge in [0.1, 0.15) is 12.1 Å². The number of cyclic esters (lactones) is 1. The number of anilines is 3. The van der Waals surface area contributed by atoms with Crippen LogP contribution in [0.4, 0.5) is 21.9 Å². The number of imide groups is 2. The van der Waals surface area contributed by atoms with Gasteiger partial charge in [0.05, 0.1) is 22.5 Å². The molecule has 2 aromatic carbocycles. The number of aryl methyl sites for hydroxylation is 1. The summed E-state index contributed by atoms with van der Waals surface area (Å²) in [7, 11) is 1.62. The molecule has 202 valence electrons. The van der Waals surface area contributed by atoms with Crippen molar-refractivity contribution < 1.29 is 28.7 Å². The largest absolute Gasteiger partial charge is 0.441 e. The van der Waals surface area contributed by atoms with Gasteiger partial charge in [0.25, 0.3) is 11.8 Å². The highest BCUT2D eigenvalue weighted by Gasteiger charge is 2.45. The van der Waals surface area contributed by atoms with Crippen molar-refractivity contribution in [2.75, 3.05) is 17.3 Å². The number of ether oxygens (including phenoxy) is 1. The van der Waals surface area contributed by atoms with Gasteiger partial charge in [-0.15, -0.1) is 0 Å². The highest BCUT2D eigenvalue weighted by molar-refractivity contribution is 6.25. The van der Waals surface area contributed by atoms with Crippen molar-refractivity contribution in [3.05, 3.63) is 71.0 Å². The number of carbonyl (C=O) groups is 5. The topological polar surface area (TPSA) is 138 Å². The molecule has 0 radical (unpaired) electrons. The van der Waals surface area contributed by atoms with E-state index in [4.69, 9.17) is 4.74 Å². The third kappa shape index (κ3) is 3.98. The maximum atomic E-state index is 13.6. The lowest BCUT2D eigenvalue weighted by molar-refractivity contribution is -0.136. The number of rotatable bonds is 4. The summed E-state index contributed by atoms with van der Waals surface area (Å²) in [5, 5.41) is 5.54. The summed E-state index contributed by atoms with van der Waals surface area (Å²) in [5.41, 5.74) is 5.13. The Hall–Kier alpha value is -5.06. The van der Waals surface area contributed by atoms with E-state index in [-0.39, 0.29) is 24.0 Å². The van der Waals surface area contributed by atoms with Gasteiger partial charge in [-0.1, -0.05) is 6.07 Å². The van der Waals surface area contributed by atoms with E-state index in [1.54, 1.807) is 32.3 Å². The predicted octanol–water partition coefficient (Wildman–Crippen LogP) is 3.85. The molecule has 5 amide bonds. The van der Waals surface area contributed by atoms with Crippen molar-refractivity contribution in [2.45, 2.75) is 38.8 Å². The fourth-order valence-electron chi connectivity index (χ4n) is 5.43. The van der Waals surface area contributed by atoms with Crippen LogP contribution in [0.2, 0.25) is 0 Å². The van der Waals surface area contributed by atoms with Gasteiger partial charge in [-0.3, -0.25) is 39.3 Å². The molecule has 0 unspecified atom stereocenters. The van der Waals surface area contributed by atoms with Gasteiger partial charge < -0.3 is 10.1 Å². The number of nitrogens with one attached hydrogen (secondary N) is 2. The highest BCUT2D eigenvalue weighted by atomic mass is 16.6. The van der Waals surface area contributed by atoms with Gasteiger partial charge in [0, 0.05) is 42.2 Å². The molecule has 0 aliphatic carbocycles. The number of nitrogens with zero attached hydrogens (tertiary/aromatic N) is 3. The van der Waals surface area contributed by atoms with Gasteiger partial charge in [0.15, 0.2) is 0 Å². The predicted molar refractivity (Wildman–Crippen MR) is 144 cm³/mol. The van der Waals surface area contributed by atoms with E-state index in [9.17, 15) is 24.0 Å². The first-order valence-corrected chi connectivity index (χ1v) is 12.8. The Balaban J connectivity index is 1.45. The fourth-order valence-corrected chi connectivity index (χ4v) is 5.43. The molecule has 1 fully saturated rings. The lowest BCUT2D eigenvalue weighted by Gasteiger charge is -2.31. The molecular formula is C29H25N5O6. The van der Waals surface area contributed by atoms with Crippen LogP contribution in [0, 0.1) is 6.92 Å². The van der Waals surface area contributed by atoms with Crippen LogP contribution in [-0.2, 0) is 14.3 Å². The smallest absolute Gasteiger partial charge is 0.414 e. The Morgan fingerprint density at radius 2 is 1.80 bits per heavy atom. The summed E-state index contributed by atoms with van der Waals surface area (Å²) in [6, 6.07) is 11.3. The molecule has 2 atom stereocenters. The molecule has 11 heteroatoms. The Labute approximate surface area is 229 Å². The molecule has 11 nitrogen and oxygen atoms in total. The van der Waals surface area contributed by atoms with Crippen molar-refractivity contribution in [3.63, 3.8) is 0 Å². The van der Waals surface area contributed by atoms with Crippen LogP contribution in [-0.4, -0.2) is 52.7 Å². The molecule has 4 heterocycles. The lowest BCUT2D eigenvalue weighted by Crippen LogP contribution is -2.54. The Kier molecular flexibility index (Phi) is 5.86. The minimum atomic E-state index is -1.07. The number of hydrogen-bond acceptors (Lipinski definition) is 8. The number of aromatic nitrogens is 1. The summed E-state index contributed by atoms with van der Waals surface area (Å²) >= 11 is 0. The van der Waals surface area contributed by atoms with E-state index in [2.05, 4.69) is 15.6 Å². The fraction of sp³-hybridized carbons (Fsp3) is 0.241. The van der Waals surface area contributed by atoms with Crippen LogP contribution in [0.3, 0.4) is 0 Å². The molecule has 1 saturated heterocycles. The quantitative estimate of drug-likeness (QED) is 0.477. The third-order valence-corrected chi connectivity index (χ3v) is 7.46. The second-order valence-electron chi connectivity index (χ2n) is 10.0. The second kappa shape index (κ2) is 9.30. The summed E-state index contributed by atoms with van der Waals surface area (Å²) in [6.07, 6.45) is 0.837. The zero-order valence-corrected chi connectivity index (χ0v) is 22.0. The van der Waals surface area contributed by atoms with E-state index in [1.165, 1.54) is 11.0 Å². The number of piperidine rings is 1. The molecule has 1 aromatic heterocycles. The minimum Gasteiger partial charge on any atom is -0.441 e. The van der Waals surface area contributed by atoms with E-state index >= 15 is 0 Å². The van der Waals surface area contributed by atoms with E-state index in [1.807, 2.05) is 31.2 Å². The number of fused-ring (bicyclic) bond motifs is 2. The molecule has 3 aliphatic heterocycles. The second-order valence-corrected chi connectivity index (χ2v) is 10.0. The molecule has 6 rings (SSSR count). The van der Waals surface area contributed by atoms with Gasteiger partial charge in [-0.2, -0.15) is 0 Å². The maximum Gasteiger partial charge on any atom is 0.414 e. The van der Waals surface area contributed by atoms with E-state index in [0.717, 1.165) is 27.3 Å². The van der Waals surface area contributed by atoms with Crippen LogP contribution < -0.4 is 15.5 Å². The van der Waals surface area contributed by atoms with Crippen LogP contribution in [0.15, 0.2) is 48.7 Å². The van der Waals surface area contributed by atoms with Crippen LogP contribution in [0.5, 0.6) is 0 Å². The van der Waals surface area contributed by atoms with E-state index < -0.39 is 41.9 Å². The van der Waals surface area contributed by atoms with Crippen molar-refractivity contribution in [2.24, 2.45) is 0 Å². The summed E-state index contributed by atoms with van der Waals surface area (Å²) in [5.74, 6) is -2.32. The highest BCUT2D eigenvalue weighted by Crippen LogP contribution is 2.43. The number of hydrogen-bond donors (Lipinski definition) is 2. The average Bonchev–Trinajstić information content (AvgIpc) is 3.17. The van der Waals surface area contributed by atoms with Crippen molar-refractivity contribution >= 4 is 46.8 Å². The Morgan fingerprint density at radius 1 is 1.00 bits per heavy atom. The van der Waals surface area contributed by atoms with Crippen molar-refractivity contribution in [1.29, 1.82) is 0 Å². The van der Waals surface area contributed by atoms with E-state index in [0.29, 0.717) is 17.1 Å². The minimum absolute atomic E-state index is 0.0349. The number of amides is 5. The summed E-state index contributed by atoms with van der Waals surface area (Å²) in [4.78, 5) is 70.2. The number of benzene rings is 2. The Morgan fingerprint density at radius 3 is 2.55 bits per heavy atom. The van der Waals surface area contributed by atoms with Gasteiger partial charge in [0.2, 0.25) is 11.8 Å². The standard InChI is InChI=1S/C29H25N5O6/c1-14-11-16(9-10-30-14)19-12-18-15(2)40-29(39)33(3)23(18)13-21(19)31-20-6-4-5-17-25(20)28(38)34(27(17)37)22-7-8-24(35)32-26(22)36/h4-6,9-13,15,22,31H,7-8H2,1-3H3,(H,32,35,36)/t15-,22+/m1/s1. The van der Waals surface area contributed by atoms with Crippen LogP contribution in [0.25, 0.3) is 11.1 Å². The lowest BCUT2D eigenvalue weighted by atomic mass is 9.95. The molecule has 3 aliphatic rings. The first kappa shape index (κ1) is 25.2. The van der Waals surface area contributed by atoms with Crippen molar-refractivity contribution in [3.8, 4) is 11.1 Å². The molecule has 2 N–H and O–H groups in total. The number of carbonyl (C=O) groups excluding carboxylic acids is 5. The van der Waals surface area contributed by atoms with Gasteiger partial charge in [-0.25, -0.2) is 4.79 Å². The first-order chi connectivity index (χ1) is 19.1. The maximum absolute atomic E-state index is 13.6. The zero-order chi connectivity index (χ0) is 28.3. The first-order valence-electron chi connectivity index (χ1n) is 12.8. The summed E-state index contributed by atoms with van der Waals surface area (Å²) < 4.78 is 5.48. The third-order valence-electron chi connectivity index (χ3n) is 7.46. The molecular weight excluding hydrogens is 514 g/mol. The van der Waals surface area contributed by atoms with Crippen molar-refractivity contribution in [1.82, 2.24) is 15.2 Å². The van der Waals surface area contributed by atoms with Crippen LogP contribution >= 0.6 is 0 Å². The monoisotopic (exact) mass is 539 g/mol. The Bertz CT molecular complexity index is 1650.